The monoisotopic (exact) mass is 398 g/mol. The quantitative estimate of drug-likeness (QED) is 0.797. The number of halogens is 1. The average Bonchev–Trinajstić information content (AvgIpc) is 3.03. The maximum absolute atomic E-state index is 12.7. The molecule has 1 amide bonds. The zero-order chi connectivity index (χ0) is 18.5. The van der Waals surface area contributed by atoms with Crippen LogP contribution in [0.5, 0.6) is 17.2 Å². The van der Waals surface area contributed by atoms with Crippen LogP contribution < -0.4 is 19.5 Å². The number of hydrogen-bond acceptors (Lipinski definition) is 5. The second-order valence-electron chi connectivity index (χ2n) is 7.17. The minimum absolute atomic E-state index is 0. The van der Waals surface area contributed by atoms with Gasteiger partial charge in [0.15, 0.2) is 11.5 Å². The van der Waals surface area contributed by atoms with Gasteiger partial charge in [0.05, 0.1) is 21.3 Å². The number of amides is 1. The molecule has 0 radical (unpaired) electrons. The molecule has 0 spiro atoms. The number of ether oxygens (including phenoxy) is 3. The highest BCUT2D eigenvalue weighted by molar-refractivity contribution is 5.85. The van der Waals surface area contributed by atoms with Crippen LogP contribution in [0.3, 0.4) is 0 Å². The van der Waals surface area contributed by atoms with Crippen molar-refractivity contribution in [2.75, 3.05) is 47.5 Å². The Labute approximate surface area is 167 Å². The Morgan fingerprint density at radius 1 is 1.04 bits per heavy atom. The summed E-state index contributed by atoms with van der Waals surface area (Å²) < 4.78 is 16.1. The summed E-state index contributed by atoms with van der Waals surface area (Å²) in [6.45, 7) is 3.99. The molecule has 0 bridgehead atoms. The fourth-order valence-electron chi connectivity index (χ4n) is 4.16. The van der Waals surface area contributed by atoms with E-state index in [9.17, 15) is 4.79 Å². The molecule has 3 rings (SSSR count). The minimum atomic E-state index is 0. The van der Waals surface area contributed by atoms with Crippen LogP contribution in [0, 0.1) is 11.8 Å². The summed E-state index contributed by atoms with van der Waals surface area (Å²) in [5, 5.41) is 3.48. The van der Waals surface area contributed by atoms with Crippen LogP contribution in [0.2, 0.25) is 0 Å². The van der Waals surface area contributed by atoms with E-state index in [-0.39, 0.29) is 18.3 Å². The highest BCUT2D eigenvalue weighted by Crippen LogP contribution is 2.38. The fourth-order valence-corrected chi connectivity index (χ4v) is 4.16. The van der Waals surface area contributed by atoms with Gasteiger partial charge in [-0.1, -0.05) is 0 Å². The van der Waals surface area contributed by atoms with Crippen LogP contribution in [-0.4, -0.2) is 58.3 Å². The Balaban J connectivity index is 0.00000261. The summed E-state index contributed by atoms with van der Waals surface area (Å²) in [6.07, 6.45) is 3.41. The molecule has 0 unspecified atom stereocenters. The van der Waals surface area contributed by atoms with Crippen molar-refractivity contribution in [1.29, 1.82) is 0 Å². The van der Waals surface area contributed by atoms with E-state index in [0.29, 0.717) is 30.1 Å². The summed E-state index contributed by atoms with van der Waals surface area (Å²) >= 11 is 0. The Kier molecular flexibility index (Phi) is 8.05. The molecule has 27 heavy (non-hydrogen) atoms. The topological polar surface area (TPSA) is 60.0 Å². The van der Waals surface area contributed by atoms with Gasteiger partial charge < -0.3 is 24.4 Å². The summed E-state index contributed by atoms with van der Waals surface area (Å²) in [4.78, 5) is 14.8. The summed E-state index contributed by atoms with van der Waals surface area (Å²) in [7, 11) is 4.80. The number of carbonyl (C=O) groups is 1. The van der Waals surface area contributed by atoms with E-state index in [1.807, 2.05) is 12.1 Å². The predicted octanol–water partition coefficient (Wildman–Crippen LogP) is 2.52. The van der Waals surface area contributed by atoms with Crippen LogP contribution in [0.25, 0.3) is 0 Å². The smallest absolute Gasteiger partial charge is 0.222 e. The van der Waals surface area contributed by atoms with Crippen LogP contribution >= 0.6 is 12.4 Å². The van der Waals surface area contributed by atoms with E-state index in [1.54, 1.807) is 21.3 Å². The Hall–Kier alpha value is -1.66. The molecule has 1 aromatic rings. The number of benzene rings is 1. The first-order chi connectivity index (χ1) is 12.7. The molecule has 152 valence electrons. The first kappa shape index (κ1) is 21.6. The van der Waals surface area contributed by atoms with Gasteiger partial charge in [-0.05, 0) is 61.9 Å². The maximum atomic E-state index is 12.7. The normalized spacial score (nSPS) is 21.7. The summed E-state index contributed by atoms with van der Waals surface area (Å²) in [6, 6.07) is 3.85. The molecule has 2 saturated heterocycles. The zero-order valence-electron chi connectivity index (χ0n) is 16.5. The zero-order valence-corrected chi connectivity index (χ0v) is 17.3. The standard InChI is InChI=1S/C20H30N2O4.ClH/c1-24-17-10-14(11-18(25-2)20(17)26-3)4-5-19(23)22-8-6-15-12-21-13-16(15)7-9-22;/h10-11,15-16,21H,4-9,12-13H2,1-3H3;1H/t15-,16+;. The molecule has 0 aromatic heterocycles. The van der Waals surface area contributed by atoms with Crippen molar-refractivity contribution in [3.05, 3.63) is 17.7 Å². The lowest BCUT2D eigenvalue weighted by Crippen LogP contribution is -2.32. The van der Waals surface area contributed by atoms with Crippen LogP contribution in [-0.2, 0) is 11.2 Å². The molecular weight excluding hydrogens is 368 g/mol. The van der Waals surface area contributed by atoms with Crippen molar-refractivity contribution in [2.24, 2.45) is 11.8 Å². The van der Waals surface area contributed by atoms with Gasteiger partial charge in [-0.15, -0.1) is 12.4 Å². The van der Waals surface area contributed by atoms with Gasteiger partial charge in [0, 0.05) is 19.5 Å². The molecule has 2 heterocycles. The summed E-state index contributed by atoms with van der Waals surface area (Å²) in [5.74, 6) is 3.56. The minimum Gasteiger partial charge on any atom is -0.493 e. The van der Waals surface area contributed by atoms with Crippen LogP contribution in [0.1, 0.15) is 24.8 Å². The second kappa shape index (κ2) is 10.0. The van der Waals surface area contributed by atoms with E-state index >= 15 is 0 Å². The lowest BCUT2D eigenvalue weighted by Gasteiger charge is -2.21. The van der Waals surface area contributed by atoms with E-state index in [1.165, 1.54) is 0 Å². The molecule has 7 heteroatoms. The number of carbonyl (C=O) groups excluding carboxylic acids is 1. The number of fused-ring (bicyclic) bond motifs is 1. The van der Waals surface area contributed by atoms with E-state index in [0.717, 1.165) is 56.4 Å². The van der Waals surface area contributed by atoms with Crippen molar-refractivity contribution in [3.8, 4) is 17.2 Å². The number of methoxy groups -OCH3 is 3. The highest BCUT2D eigenvalue weighted by atomic mass is 35.5. The molecule has 6 nitrogen and oxygen atoms in total. The molecule has 0 saturated carbocycles. The van der Waals surface area contributed by atoms with E-state index < -0.39 is 0 Å². The van der Waals surface area contributed by atoms with Gasteiger partial charge in [0.25, 0.3) is 0 Å². The molecule has 2 aliphatic rings. The van der Waals surface area contributed by atoms with Gasteiger partial charge in [0.1, 0.15) is 0 Å². The molecule has 1 N–H and O–H groups in total. The van der Waals surface area contributed by atoms with Gasteiger partial charge in [-0.2, -0.15) is 0 Å². The number of hydrogen-bond donors (Lipinski definition) is 1. The molecule has 2 atom stereocenters. The third-order valence-electron chi connectivity index (χ3n) is 5.72. The van der Waals surface area contributed by atoms with Crippen molar-refractivity contribution in [1.82, 2.24) is 10.2 Å². The second-order valence-corrected chi connectivity index (χ2v) is 7.17. The molecule has 2 fully saturated rings. The number of nitrogens with one attached hydrogen (secondary N) is 1. The number of rotatable bonds is 6. The third kappa shape index (κ3) is 4.99. The summed E-state index contributed by atoms with van der Waals surface area (Å²) in [5.41, 5.74) is 1.02. The lowest BCUT2D eigenvalue weighted by molar-refractivity contribution is -0.131. The Bertz CT molecular complexity index is 601. The van der Waals surface area contributed by atoms with Crippen molar-refractivity contribution >= 4 is 18.3 Å². The number of likely N-dealkylation sites (tertiary alicyclic amines) is 1. The fraction of sp³-hybridized carbons (Fsp3) is 0.650. The highest BCUT2D eigenvalue weighted by Gasteiger charge is 2.31. The van der Waals surface area contributed by atoms with Crippen molar-refractivity contribution < 1.29 is 19.0 Å². The van der Waals surface area contributed by atoms with Gasteiger partial charge in [-0.3, -0.25) is 4.79 Å². The van der Waals surface area contributed by atoms with E-state index in [4.69, 9.17) is 14.2 Å². The maximum Gasteiger partial charge on any atom is 0.222 e. The predicted molar refractivity (Wildman–Crippen MR) is 107 cm³/mol. The molecule has 2 aliphatic heterocycles. The van der Waals surface area contributed by atoms with Gasteiger partial charge in [-0.25, -0.2) is 0 Å². The Morgan fingerprint density at radius 2 is 1.59 bits per heavy atom. The molecule has 0 aliphatic carbocycles. The van der Waals surface area contributed by atoms with Crippen LogP contribution in [0.15, 0.2) is 12.1 Å². The van der Waals surface area contributed by atoms with E-state index in [2.05, 4.69) is 10.2 Å². The van der Waals surface area contributed by atoms with Crippen molar-refractivity contribution in [3.63, 3.8) is 0 Å². The average molecular weight is 399 g/mol. The number of aryl methyl sites for hydroxylation is 1. The van der Waals surface area contributed by atoms with Crippen LogP contribution in [0.4, 0.5) is 0 Å². The first-order valence-electron chi connectivity index (χ1n) is 9.43. The van der Waals surface area contributed by atoms with Gasteiger partial charge >= 0.3 is 0 Å². The lowest BCUT2D eigenvalue weighted by atomic mass is 9.92. The molecular formula is C20H31ClN2O4. The van der Waals surface area contributed by atoms with Gasteiger partial charge in [0.2, 0.25) is 11.7 Å². The largest absolute Gasteiger partial charge is 0.493 e. The SMILES string of the molecule is COc1cc(CCC(=O)N2CC[C@@H]3CNC[C@@H]3CC2)cc(OC)c1OC.Cl. The van der Waals surface area contributed by atoms with Crippen molar-refractivity contribution in [2.45, 2.75) is 25.7 Å². The first-order valence-corrected chi connectivity index (χ1v) is 9.43. The Morgan fingerprint density at radius 3 is 2.07 bits per heavy atom. The molecule has 1 aromatic carbocycles. The third-order valence-corrected chi connectivity index (χ3v) is 5.72. The number of nitrogens with zero attached hydrogens (tertiary/aromatic N) is 1.